The third-order valence-corrected chi connectivity index (χ3v) is 5.10. The lowest BCUT2D eigenvalue weighted by Gasteiger charge is -2.06. The van der Waals surface area contributed by atoms with Gasteiger partial charge in [-0.15, -0.1) is 0 Å². The minimum atomic E-state index is -0.340. The van der Waals surface area contributed by atoms with Crippen molar-refractivity contribution in [2.24, 2.45) is 0 Å². The van der Waals surface area contributed by atoms with Crippen LogP contribution in [0.2, 0.25) is 0 Å². The largest absolute Gasteiger partial charge is 0.494 e. The van der Waals surface area contributed by atoms with Crippen molar-refractivity contribution in [2.45, 2.75) is 20.5 Å². The number of nitrogens with one attached hydrogen (secondary N) is 1. The van der Waals surface area contributed by atoms with Gasteiger partial charge in [-0.1, -0.05) is 17.4 Å². The maximum atomic E-state index is 12.5. The average Bonchev–Trinajstić information content (AvgIpc) is 3.34. The first-order valence-corrected chi connectivity index (χ1v) is 10.1. The summed E-state index contributed by atoms with van der Waals surface area (Å²) in [7, 11) is 0. The van der Waals surface area contributed by atoms with Crippen molar-refractivity contribution in [2.75, 3.05) is 11.9 Å². The molecular formula is C22H20N2O4S. The number of carbonyl (C=O) groups is 1. The molecule has 0 fully saturated rings. The number of hydrogen-bond acceptors (Lipinski definition) is 6. The SMILES string of the molecule is CCOc1ccc(OCc2ccc(C(=O)Nc3nc4ccc(C)cc4s3)o2)cc1. The third kappa shape index (κ3) is 4.57. The molecule has 29 heavy (non-hydrogen) atoms. The fourth-order valence-electron chi connectivity index (χ4n) is 2.77. The first-order chi connectivity index (χ1) is 14.1. The zero-order valence-electron chi connectivity index (χ0n) is 16.1. The Morgan fingerprint density at radius 3 is 2.59 bits per heavy atom. The molecule has 0 saturated carbocycles. The Bertz CT molecular complexity index is 1130. The number of anilines is 1. The van der Waals surface area contributed by atoms with Crippen molar-refractivity contribution in [3.8, 4) is 11.5 Å². The lowest BCUT2D eigenvalue weighted by atomic mass is 10.2. The number of aromatic nitrogens is 1. The van der Waals surface area contributed by atoms with Gasteiger partial charge in [0.05, 0.1) is 16.8 Å². The van der Waals surface area contributed by atoms with E-state index in [1.165, 1.54) is 11.3 Å². The van der Waals surface area contributed by atoms with Crippen molar-refractivity contribution >= 4 is 32.6 Å². The number of benzene rings is 2. The number of carbonyl (C=O) groups excluding carboxylic acids is 1. The molecular weight excluding hydrogens is 388 g/mol. The number of ether oxygens (including phenoxy) is 2. The number of fused-ring (bicyclic) bond motifs is 1. The standard InChI is InChI=1S/C22H20N2O4S/c1-3-26-15-5-7-16(8-6-15)27-13-17-9-11-19(28-17)21(25)24-22-23-18-10-4-14(2)12-20(18)29-22/h4-12H,3,13H2,1-2H3,(H,23,24,25). The van der Waals surface area contributed by atoms with Gasteiger partial charge in [-0.25, -0.2) is 4.98 Å². The predicted octanol–water partition coefficient (Wildman–Crippen LogP) is 5.43. The molecule has 4 aromatic rings. The van der Waals surface area contributed by atoms with Crippen molar-refractivity contribution in [3.05, 3.63) is 71.7 Å². The molecule has 2 aromatic carbocycles. The van der Waals surface area contributed by atoms with E-state index < -0.39 is 0 Å². The van der Waals surface area contributed by atoms with Crippen LogP contribution in [0.5, 0.6) is 11.5 Å². The first-order valence-electron chi connectivity index (χ1n) is 9.23. The van der Waals surface area contributed by atoms with Gasteiger partial charge in [0.2, 0.25) is 0 Å². The molecule has 2 aromatic heterocycles. The molecule has 2 heterocycles. The molecule has 0 aliphatic heterocycles. The highest BCUT2D eigenvalue weighted by Crippen LogP contribution is 2.27. The molecule has 148 valence electrons. The topological polar surface area (TPSA) is 73.6 Å². The van der Waals surface area contributed by atoms with Crippen LogP contribution in [-0.2, 0) is 6.61 Å². The average molecular weight is 408 g/mol. The molecule has 6 nitrogen and oxygen atoms in total. The Hall–Kier alpha value is -3.32. The van der Waals surface area contributed by atoms with Crippen LogP contribution >= 0.6 is 11.3 Å². The Kier molecular flexibility index (Phi) is 5.48. The molecule has 0 bridgehead atoms. The molecule has 7 heteroatoms. The number of aryl methyl sites for hydroxylation is 1. The van der Waals surface area contributed by atoms with E-state index in [1.54, 1.807) is 12.1 Å². The highest BCUT2D eigenvalue weighted by Gasteiger charge is 2.14. The normalized spacial score (nSPS) is 10.8. The minimum Gasteiger partial charge on any atom is -0.494 e. The summed E-state index contributed by atoms with van der Waals surface area (Å²) in [5.74, 6) is 1.92. The van der Waals surface area contributed by atoms with E-state index >= 15 is 0 Å². The zero-order valence-corrected chi connectivity index (χ0v) is 16.9. The minimum absolute atomic E-state index is 0.214. The van der Waals surface area contributed by atoms with E-state index in [9.17, 15) is 4.79 Å². The third-order valence-electron chi connectivity index (χ3n) is 4.17. The number of rotatable bonds is 7. The summed E-state index contributed by atoms with van der Waals surface area (Å²) in [5, 5.41) is 3.33. The van der Waals surface area contributed by atoms with Gasteiger partial charge >= 0.3 is 0 Å². The van der Waals surface area contributed by atoms with E-state index in [0.29, 0.717) is 23.2 Å². The van der Waals surface area contributed by atoms with Crippen molar-refractivity contribution in [3.63, 3.8) is 0 Å². The first kappa shape index (κ1) is 19.0. The number of furan rings is 1. The Morgan fingerprint density at radius 2 is 1.83 bits per heavy atom. The number of thiazole rings is 1. The van der Waals surface area contributed by atoms with E-state index in [0.717, 1.165) is 21.5 Å². The van der Waals surface area contributed by atoms with Gasteiger partial charge in [-0.2, -0.15) is 0 Å². The Labute approximate surface area is 172 Å². The van der Waals surface area contributed by atoms with Crippen LogP contribution in [0.15, 0.2) is 59.0 Å². The van der Waals surface area contributed by atoms with Crippen LogP contribution in [0, 0.1) is 6.92 Å². The lowest BCUT2D eigenvalue weighted by molar-refractivity contribution is 0.0992. The molecule has 4 rings (SSSR count). The van der Waals surface area contributed by atoms with Crippen LogP contribution in [0.4, 0.5) is 5.13 Å². The molecule has 0 atom stereocenters. The monoisotopic (exact) mass is 408 g/mol. The second kappa shape index (κ2) is 8.36. The van der Waals surface area contributed by atoms with Crippen LogP contribution in [0.25, 0.3) is 10.2 Å². The summed E-state index contributed by atoms with van der Waals surface area (Å²) >= 11 is 1.43. The molecule has 0 saturated heterocycles. The van der Waals surface area contributed by atoms with Crippen molar-refractivity contribution in [1.29, 1.82) is 0 Å². The summed E-state index contributed by atoms with van der Waals surface area (Å²) in [6.45, 7) is 4.81. The Morgan fingerprint density at radius 1 is 1.07 bits per heavy atom. The maximum absolute atomic E-state index is 12.5. The smallest absolute Gasteiger partial charge is 0.293 e. The van der Waals surface area contributed by atoms with E-state index in [4.69, 9.17) is 13.9 Å². The summed E-state index contributed by atoms with van der Waals surface area (Å²) in [6.07, 6.45) is 0. The second-order valence-corrected chi connectivity index (χ2v) is 7.43. The van der Waals surface area contributed by atoms with Gasteiger partial charge in [0.1, 0.15) is 23.9 Å². The summed E-state index contributed by atoms with van der Waals surface area (Å²) < 4.78 is 17.7. The lowest BCUT2D eigenvalue weighted by Crippen LogP contribution is -2.10. The summed E-state index contributed by atoms with van der Waals surface area (Å²) in [5.41, 5.74) is 2.02. The van der Waals surface area contributed by atoms with Gasteiger partial charge in [-0.05, 0) is 67.9 Å². The van der Waals surface area contributed by atoms with Crippen LogP contribution < -0.4 is 14.8 Å². The second-order valence-electron chi connectivity index (χ2n) is 6.40. The van der Waals surface area contributed by atoms with Gasteiger partial charge in [0.25, 0.3) is 5.91 Å². The molecule has 0 aliphatic carbocycles. The predicted molar refractivity (Wildman–Crippen MR) is 113 cm³/mol. The number of hydrogen-bond donors (Lipinski definition) is 1. The molecule has 0 unspecified atom stereocenters. The van der Waals surface area contributed by atoms with Gasteiger partial charge in [0.15, 0.2) is 10.9 Å². The van der Waals surface area contributed by atoms with Gasteiger partial charge in [0, 0.05) is 0 Å². The maximum Gasteiger partial charge on any atom is 0.293 e. The fourth-order valence-corrected chi connectivity index (χ4v) is 3.73. The van der Waals surface area contributed by atoms with E-state index in [2.05, 4.69) is 10.3 Å². The summed E-state index contributed by atoms with van der Waals surface area (Å²) in [4.78, 5) is 16.9. The van der Waals surface area contributed by atoms with Crippen LogP contribution in [-0.4, -0.2) is 17.5 Å². The van der Waals surface area contributed by atoms with Crippen molar-refractivity contribution < 1.29 is 18.7 Å². The van der Waals surface area contributed by atoms with Crippen LogP contribution in [0.3, 0.4) is 0 Å². The highest BCUT2D eigenvalue weighted by molar-refractivity contribution is 7.22. The van der Waals surface area contributed by atoms with Crippen LogP contribution in [0.1, 0.15) is 28.8 Å². The number of amides is 1. The summed E-state index contributed by atoms with van der Waals surface area (Å²) in [6, 6.07) is 16.7. The highest BCUT2D eigenvalue weighted by atomic mass is 32.1. The van der Waals surface area contributed by atoms with Crippen molar-refractivity contribution in [1.82, 2.24) is 4.98 Å². The number of nitrogens with zero attached hydrogens (tertiary/aromatic N) is 1. The van der Waals surface area contributed by atoms with Gasteiger partial charge < -0.3 is 13.9 Å². The molecule has 1 amide bonds. The van der Waals surface area contributed by atoms with E-state index in [-0.39, 0.29) is 18.3 Å². The molecule has 0 spiro atoms. The van der Waals surface area contributed by atoms with Gasteiger partial charge in [-0.3, -0.25) is 10.1 Å². The molecule has 1 N–H and O–H groups in total. The Balaban J connectivity index is 1.36. The fraction of sp³-hybridized carbons (Fsp3) is 0.182. The quantitative estimate of drug-likeness (QED) is 0.441. The molecule has 0 aliphatic rings. The molecule has 0 radical (unpaired) electrons. The zero-order chi connectivity index (χ0) is 20.2. The van der Waals surface area contributed by atoms with E-state index in [1.807, 2.05) is 56.3 Å².